The normalized spacial score (nSPS) is 12.5. The average molecular weight is 522 g/mol. The lowest BCUT2D eigenvalue weighted by Crippen LogP contribution is -2.30. The molecule has 0 heterocycles. The third-order valence-electron chi connectivity index (χ3n) is 5.99. The number of phenolic OH excluding ortho intramolecular Hbond substituents is 1. The van der Waals surface area contributed by atoms with Crippen molar-refractivity contribution < 1.29 is 18.6 Å². The number of aliphatic hydroxyl groups is 1. The van der Waals surface area contributed by atoms with Gasteiger partial charge in [-0.1, -0.05) is 66.2 Å². The van der Waals surface area contributed by atoms with Crippen molar-refractivity contribution in [2.24, 2.45) is 0 Å². The molecule has 4 rings (SSSR count). The van der Waals surface area contributed by atoms with E-state index in [0.29, 0.717) is 31.1 Å². The van der Waals surface area contributed by atoms with E-state index in [9.17, 15) is 18.6 Å². The molecule has 0 aliphatic rings. The summed E-state index contributed by atoms with van der Waals surface area (Å²) in [4.78, 5) is 2.49. The van der Waals surface area contributed by atoms with Gasteiger partial charge in [0.05, 0.1) is 15.9 Å². The number of hydrogen-bond acceptors (Lipinski definition) is 5. The van der Waals surface area contributed by atoms with E-state index in [1.807, 2.05) is 48.5 Å². The van der Waals surface area contributed by atoms with Crippen LogP contribution in [0, 0.1) is 0 Å². The predicted octanol–water partition coefficient (Wildman–Crippen LogP) is 5.66. The number of benzene rings is 4. The Balaban J connectivity index is 1.51. The van der Waals surface area contributed by atoms with E-state index >= 15 is 0 Å². The number of halogens is 1. The van der Waals surface area contributed by atoms with E-state index in [-0.39, 0.29) is 15.5 Å². The number of sulfone groups is 1. The minimum atomic E-state index is -3.70. The Morgan fingerprint density at radius 1 is 0.778 bits per heavy atom. The Kier molecular flexibility index (Phi) is 8.44. The molecule has 7 heteroatoms. The van der Waals surface area contributed by atoms with Gasteiger partial charge < -0.3 is 10.2 Å². The van der Waals surface area contributed by atoms with Gasteiger partial charge in [0.2, 0.25) is 9.84 Å². The van der Waals surface area contributed by atoms with Crippen molar-refractivity contribution in [2.75, 3.05) is 13.1 Å². The van der Waals surface area contributed by atoms with Gasteiger partial charge in [0.25, 0.3) is 0 Å². The molecule has 0 radical (unpaired) electrons. The lowest BCUT2D eigenvalue weighted by molar-refractivity contribution is 0.109. The van der Waals surface area contributed by atoms with Gasteiger partial charge in [-0.05, 0) is 71.6 Å². The van der Waals surface area contributed by atoms with Crippen molar-refractivity contribution in [3.63, 3.8) is 0 Å². The summed E-state index contributed by atoms with van der Waals surface area (Å²) in [7, 11) is -3.70. The highest BCUT2D eigenvalue weighted by Gasteiger charge is 2.19. The molecule has 1 atom stereocenters. The fraction of sp³-hybridized carbons (Fsp3) is 0.172. The van der Waals surface area contributed by atoms with E-state index in [4.69, 9.17) is 11.6 Å². The molecule has 2 N–H and O–H groups in total. The average Bonchev–Trinajstić information content (AvgIpc) is 2.88. The van der Waals surface area contributed by atoms with Gasteiger partial charge in [-0.3, -0.25) is 4.90 Å². The SMILES string of the molecule is O=S(=O)(c1ccc(O)cc1)c1cccc(CCN(Cc2ccccc2)CC(O)c2cccc(Cl)c2)c1. The third kappa shape index (κ3) is 6.74. The number of aromatic hydroxyl groups is 1. The number of rotatable bonds is 10. The van der Waals surface area contributed by atoms with Gasteiger partial charge >= 0.3 is 0 Å². The summed E-state index contributed by atoms with van der Waals surface area (Å²) in [6, 6.07) is 29.7. The topological polar surface area (TPSA) is 77.8 Å². The van der Waals surface area contributed by atoms with Crippen LogP contribution >= 0.6 is 11.6 Å². The van der Waals surface area contributed by atoms with E-state index in [0.717, 1.165) is 16.7 Å². The fourth-order valence-corrected chi connectivity index (χ4v) is 5.59. The van der Waals surface area contributed by atoms with Crippen LogP contribution in [0.4, 0.5) is 0 Å². The molecule has 4 aromatic carbocycles. The van der Waals surface area contributed by atoms with E-state index in [2.05, 4.69) is 4.90 Å². The zero-order chi connectivity index (χ0) is 25.5. The molecule has 0 saturated carbocycles. The van der Waals surface area contributed by atoms with Crippen molar-refractivity contribution in [1.82, 2.24) is 4.90 Å². The van der Waals surface area contributed by atoms with Crippen molar-refractivity contribution >= 4 is 21.4 Å². The first-order chi connectivity index (χ1) is 17.3. The van der Waals surface area contributed by atoms with Crippen molar-refractivity contribution in [1.29, 1.82) is 0 Å². The molecule has 0 fully saturated rings. The number of nitrogens with zero attached hydrogens (tertiary/aromatic N) is 1. The van der Waals surface area contributed by atoms with Gasteiger partial charge in [0, 0.05) is 24.7 Å². The lowest BCUT2D eigenvalue weighted by atomic mass is 10.1. The summed E-state index contributed by atoms with van der Waals surface area (Å²) in [5.41, 5.74) is 2.76. The van der Waals surface area contributed by atoms with Gasteiger partial charge in [-0.15, -0.1) is 0 Å². The summed E-state index contributed by atoms with van der Waals surface area (Å²) >= 11 is 6.11. The van der Waals surface area contributed by atoms with Crippen LogP contribution in [-0.4, -0.2) is 36.6 Å². The first-order valence-electron chi connectivity index (χ1n) is 11.6. The van der Waals surface area contributed by atoms with Gasteiger partial charge in [0.1, 0.15) is 5.75 Å². The highest BCUT2D eigenvalue weighted by Crippen LogP contribution is 2.24. The first kappa shape index (κ1) is 25.9. The maximum absolute atomic E-state index is 13.1. The van der Waals surface area contributed by atoms with Gasteiger partial charge in [0.15, 0.2) is 0 Å². The lowest BCUT2D eigenvalue weighted by Gasteiger charge is -2.26. The number of hydrogen-bond donors (Lipinski definition) is 2. The Morgan fingerprint density at radius 3 is 2.19 bits per heavy atom. The smallest absolute Gasteiger partial charge is 0.206 e. The molecule has 186 valence electrons. The molecular weight excluding hydrogens is 494 g/mol. The highest BCUT2D eigenvalue weighted by molar-refractivity contribution is 7.91. The first-order valence-corrected chi connectivity index (χ1v) is 13.5. The standard InChI is InChI=1S/C29H28ClNO4S/c30-25-10-5-9-24(19-25)29(33)21-31(20-23-6-2-1-3-7-23)17-16-22-8-4-11-28(18-22)36(34,35)27-14-12-26(32)13-15-27/h1-15,18-19,29,32-33H,16-17,20-21H2. The summed E-state index contributed by atoms with van der Waals surface area (Å²) < 4.78 is 26.1. The molecule has 1 unspecified atom stereocenters. The summed E-state index contributed by atoms with van der Waals surface area (Å²) in [6.07, 6.45) is -0.109. The van der Waals surface area contributed by atoms with Crippen LogP contribution in [0.3, 0.4) is 0 Å². The second-order valence-electron chi connectivity index (χ2n) is 8.69. The zero-order valence-electron chi connectivity index (χ0n) is 19.7. The predicted molar refractivity (Wildman–Crippen MR) is 142 cm³/mol. The minimum Gasteiger partial charge on any atom is -0.508 e. The van der Waals surface area contributed by atoms with E-state index in [1.165, 1.54) is 24.3 Å². The number of phenols is 1. The summed E-state index contributed by atoms with van der Waals surface area (Å²) in [6.45, 7) is 1.67. The Bertz CT molecular complexity index is 1390. The Labute approximate surface area is 217 Å². The van der Waals surface area contributed by atoms with E-state index in [1.54, 1.807) is 30.3 Å². The van der Waals surface area contributed by atoms with Crippen LogP contribution in [0.5, 0.6) is 5.75 Å². The molecule has 36 heavy (non-hydrogen) atoms. The van der Waals surface area contributed by atoms with Crippen molar-refractivity contribution in [3.8, 4) is 5.75 Å². The summed E-state index contributed by atoms with van der Waals surface area (Å²) in [5, 5.41) is 21.0. The van der Waals surface area contributed by atoms with Crippen molar-refractivity contribution in [3.05, 3.63) is 125 Å². The molecule has 0 bridgehead atoms. The third-order valence-corrected chi connectivity index (χ3v) is 7.99. The highest BCUT2D eigenvalue weighted by atomic mass is 35.5. The maximum Gasteiger partial charge on any atom is 0.206 e. The van der Waals surface area contributed by atoms with Crippen LogP contribution < -0.4 is 0 Å². The quantitative estimate of drug-likeness (QED) is 0.282. The van der Waals surface area contributed by atoms with Crippen LogP contribution in [-0.2, 0) is 22.8 Å². The van der Waals surface area contributed by atoms with E-state index < -0.39 is 15.9 Å². The van der Waals surface area contributed by atoms with Gasteiger partial charge in [-0.25, -0.2) is 8.42 Å². The maximum atomic E-state index is 13.1. The molecule has 0 aromatic heterocycles. The second kappa shape index (κ2) is 11.7. The van der Waals surface area contributed by atoms with Crippen LogP contribution in [0.15, 0.2) is 113 Å². The van der Waals surface area contributed by atoms with Crippen LogP contribution in [0.2, 0.25) is 5.02 Å². The molecule has 0 aliphatic heterocycles. The molecule has 4 aromatic rings. The molecule has 5 nitrogen and oxygen atoms in total. The molecule has 0 spiro atoms. The Morgan fingerprint density at radius 2 is 1.47 bits per heavy atom. The molecule has 0 saturated heterocycles. The van der Waals surface area contributed by atoms with Gasteiger partial charge in [-0.2, -0.15) is 0 Å². The molecule has 0 aliphatic carbocycles. The largest absolute Gasteiger partial charge is 0.508 e. The molecular formula is C29H28ClNO4S. The van der Waals surface area contributed by atoms with Crippen molar-refractivity contribution in [2.45, 2.75) is 28.9 Å². The Hall–Kier alpha value is -3.16. The summed E-state index contributed by atoms with van der Waals surface area (Å²) in [5.74, 6) is 0.0150. The van der Waals surface area contributed by atoms with Crippen LogP contribution in [0.25, 0.3) is 0 Å². The molecule has 0 amide bonds. The monoisotopic (exact) mass is 521 g/mol. The second-order valence-corrected chi connectivity index (χ2v) is 11.1. The minimum absolute atomic E-state index is 0.0150. The van der Waals surface area contributed by atoms with Crippen LogP contribution in [0.1, 0.15) is 22.8 Å². The number of aliphatic hydroxyl groups excluding tert-OH is 1. The fourth-order valence-electron chi connectivity index (χ4n) is 4.06. The zero-order valence-corrected chi connectivity index (χ0v) is 21.2.